The number of hydrogen-bond donors (Lipinski definition) is 2. The fourth-order valence-corrected chi connectivity index (χ4v) is 4.10. The third-order valence-corrected chi connectivity index (χ3v) is 5.77. The van der Waals surface area contributed by atoms with Crippen molar-refractivity contribution in [3.63, 3.8) is 0 Å². The van der Waals surface area contributed by atoms with Gasteiger partial charge in [0.05, 0.1) is 11.3 Å². The first-order valence-electron chi connectivity index (χ1n) is 11.5. The fraction of sp³-hybridized carbons (Fsp3) is 0.143. The number of carbonyl (C=O) groups excluding carboxylic acids is 1. The number of anilines is 1. The third-order valence-electron chi connectivity index (χ3n) is 5.77. The maximum absolute atomic E-state index is 13.7. The second-order valence-electron chi connectivity index (χ2n) is 8.51. The van der Waals surface area contributed by atoms with Crippen LogP contribution >= 0.6 is 0 Å². The Labute approximate surface area is 219 Å². The van der Waals surface area contributed by atoms with E-state index in [-0.39, 0.29) is 23.4 Å². The number of nitrogens with one attached hydrogen (secondary N) is 2. The average molecular weight is 545 g/mol. The molecule has 2 amide bonds. The summed E-state index contributed by atoms with van der Waals surface area (Å²) in [5.74, 6) is -0.482. The van der Waals surface area contributed by atoms with E-state index in [1.807, 2.05) is 0 Å². The molecule has 1 unspecified atom stereocenters. The summed E-state index contributed by atoms with van der Waals surface area (Å²) in [5.41, 5.74) is -1.24. The van der Waals surface area contributed by atoms with Gasteiger partial charge >= 0.3 is 18.6 Å². The maximum Gasteiger partial charge on any atom is 0.573 e. The van der Waals surface area contributed by atoms with Crippen molar-refractivity contribution in [1.82, 2.24) is 10.3 Å². The van der Waals surface area contributed by atoms with Crippen LogP contribution in [0.25, 0.3) is 0 Å². The van der Waals surface area contributed by atoms with Gasteiger partial charge in [-0.05, 0) is 59.7 Å². The Kier molecular flexibility index (Phi) is 7.80. The van der Waals surface area contributed by atoms with E-state index in [0.29, 0.717) is 5.56 Å². The van der Waals surface area contributed by atoms with Gasteiger partial charge < -0.3 is 15.4 Å². The molecule has 1 atom stereocenters. The molecule has 0 saturated heterocycles. The highest BCUT2D eigenvalue weighted by Crippen LogP contribution is 2.37. The quantitative estimate of drug-likeness (QED) is 0.240. The molecular weight excluding hydrogens is 524 g/mol. The summed E-state index contributed by atoms with van der Waals surface area (Å²) < 4.78 is 82.2. The lowest BCUT2D eigenvalue weighted by Crippen LogP contribution is -2.50. The Morgan fingerprint density at radius 2 is 1.44 bits per heavy atom. The molecule has 5 nitrogen and oxygen atoms in total. The van der Waals surface area contributed by atoms with Crippen LogP contribution in [-0.4, -0.2) is 17.4 Å². The SMILES string of the molecule is O=C(Nc1ccc(OC(F)(F)F)cc1)NC(Cc1ccccc1)(c1cccc(C(F)(F)F)c1)c1ccccn1. The Morgan fingerprint density at radius 3 is 2.05 bits per heavy atom. The number of amides is 2. The molecule has 0 radical (unpaired) electrons. The Hall–Kier alpha value is -4.54. The highest BCUT2D eigenvalue weighted by molar-refractivity contribution is 5.90. The molecule has 3 aromatic carbocycles. The molecule has 1 aromatic heterocycles. The van der Waals surface area contributed by atoms with Crippen molar-refractivity contribution in [2.75, 3.05) is 5.32 Å². The molecule has 0 spiro atoms. The summed E-state index contributed by atoms with van der Waals surface area (Å²) >= 11 is 0. The Balaban J connectivity index is 1.75. The zero-order chi connectivity index (χ0) is 28.1. The monoisotopic (exact) mass is 545 g/mol. The number of rotatable bonds is 7. The first-order chi connectivity index (χ1) is 18.4. The largest absolute Gasteiger partial charge is 0.573 e. The highest BCUT2D eigenvalue weighted by Gasteiger charge is 2.40. The van der Waals surface area contributed by atoms with E-state index < -0.39 is 35.4 Å². The lowest BCUT2D eigenvalue weighted by Gasteiger charge is -2.35. The number of halogens is 6. The van der Waals surface area contributed by atoms with Crippen LogP contribution in [0.2, 0.25) is 0 Å². The van der Waals surface area contributed by atoms with Crippen molar-refractivity contribution >= 4 is 11.7 Å². The van der Waals surface area contributed by atoms with E-state index in [9.17, 15) is 31.1 Å². The minimum Gasteiger partial charge on any atom is -0.406 e. The standard InChI is InChI=1S/C28H21F6N3O2/c29-27(30,31)21-10-6-9-20(17-21)26(24-11-4-5-16-35-24,18-19-7-2-1-3-8-19)37-25(38)36-22-12-14-23(15-13-22)39-28(32,33)34/h1-17H,18H2,(H2,36,37,38). The number of pyridine rings is 1. The summed E-state index contributed by atoms with van der Waals surface area (Å²) in [5, 5.41) is 5.32. The van der Waals surface area contributed by atoms with Crippen molar-refractivity contribution in [3.05, 3.63) is 126 Å². The lowest BCUT2D eigenvalue weighted by molar-refractivity contribution is -0.274. The van der Waals surface area contributed by atoms with E-state index >= 15 is 0 Å². The highest BCUT2D eigenvalue weighted by atomic mass is 19.4. The van der Waals surface area contributed by atoms with E-state index in [4.69, 9.17) is 0 Å². The molecule has 4 rings (SSSR count). The van der Waals surface area contributed by atoms with Gasteiger partial charge in [0.1, 0.15) is 11.3 Å². The van der Waals surface area contributed by atoms with Crippen molar-refractivity contribution in [3.8, 4) is 5.75 Å². The molecule has 39 heavy (non-hydrogen) atoms. The topological polar surface area (TPSA) is 63.2 Å². The van der Waals surface area contributed by atoms with E-state index in [1.165, 1.54) is 30.5 Å². The number of hydrogen-bond acceptors (Lipinski definition) is 3. The van der Waals surface area contributed by atoms with Crippen LogP contribution in [0.15, 0.2) is 103 Å². The fourth-order valence-electron chi connectivity index (χ4n) is 4.10. The molecule has 0 fully saturated rings. The molecule has 0 aliphatic heterocycles. The molecule has 2 N–H and O–H groups in total. The van der Waals surface area contributed by atoms with Crippen molar-refractivity contribution < 1.29 is 35.9 Å². The smallest absolute Gasteiger partial charge is 0.406 e. The molecule has 0 aliphatic rings. The molecule has 4 aromatic rings. The van der Waals surface area contributed by atoms with Crippen LogP contribution in [0.4, 0.5) is 36.8 Å². The predicted molar refractivity (Wildman–Crippen MR) is 132 cm³/mol. The van der Waals surface area contributed by atoms with Crippen LogP contribution in [0.1, 0.15) is 22.4 Å². The predicted octanol–water partition coefficient (Wildman–Crippen LogP) is 7.31. The van der Waals surface area contributed by atoms with Crippen LogP contribution in [-0.2, 0) is 18.1 Å². The summed E-state index contributed by atoms with van der Waals surface area (Å²) in [6.07, 6.45) is -8.02. The van der Waals surface area contributed by atoms with Gasteiger partial charge in [0.15, 0.2) is 0 Å². The maximum atomic E-state index is 13.7. The van der Waals surface area contributed by atoms with Gasteiger partial charge in [-0.1, -0.05) is 48.5 Å². The van der Waals surface area contributed by atoms with Gasteiger partial charge in [-0.3, -0.25) is 4.98 Å². The van der Waals surface area contributed by atoms with Crippen LogP contribution in [0.5, 0.6) is 5.75 Å². The summed E-state index contributed by atoms with van der Waals surface area (Å²) in [6, 6.07) is 21.9. The first kappa shape index (κ1) is 27.5. The second kappa shape index (κ2) is 11.1. The van der Waals surface area contributed by atoms with Crippen molar-refractivity contribution in [1.29, 1.82) is 0 Å². The molecule has 1 heterocycles. The summed E-state index contributed by atoms with van der Waals surface area (Å²) in [7, 11) is 0. The number of aromatic nitrogens is 1. The van der Waals surface area contributed by atoms with Gasteiger partial charge in [0.25, 0.3) is 0 Å². The molecular formula is C28H21F6N3O2. The Morgan fingerprint density at radius 1 is 0.769 bits per heavy atom. The first-order valence-corrected chi connectivity index (χ1v) is 11.5. The molecule has 0 saturated carbocycles. The third kappa shape index (κ3) is 7.07. The number of benzene rings is 3. The van der Waals surface area contributed by atoms with Crippen LogP contribution in [0, 0.1) is 0 Å². The minimum absolute atomic E-state index is 0.0396. The number of alkyl halides is 6. The van der Waals surface area contributed by atoms with E-state index in [0.717, 1.165) is 24.3 Å². The molecule has 0 bridgehead atoms. The number of urea groups is 1. The van der Waals surface area contributed by atoms with Crippen LogP contribution < -0.4 is 15.4 Å². The normalized spacial score (nSPS) is 13.3. The minimum atomic E-state index is -4.88. The van der Waals surface area contributed by atoms with Crippen molar-refractivity contribution in [2.45, 2.75) is 24.5 Å². The summed E-state index contributed by atoms with van der Waals surface area (Å²) in [6.45, 7) is 0. The van der Waals surface area contributed by atoms with Gasteiger partial charge in [-0.25, -0.2) is 4.79 Å². The summed E-state index contributed by atoms with van der Waals surface area (Å²) in [4.78, 5) is 17.7. The van der Waals surface area contributed by atoms with E-state index in [2.05, 4.69) is 20.4 Å². The second-order valence-corrected chi connectivity index (χ2v) is 8.51. The molecule has 0 aliphatic carbocycles. The molecule has 11 heteroatoms. The van der Waals surface area contributed by atoms with E-state index in [1.54, 1.807) is 48.5 Å². The number of ether oxygens (including phenoxy) is 1. The number of carbonyl (C=O) groups is 1. The zero-order valence-corrected chi connectivity index (χ0v) is 20.1. The number of nitrogens with zero attached hydrogens (tertiary/aromatic N) is 1. The lowest BCUT2D eigenvalue weighted by atomic mass is 9.80. The van der Waals surface area contributed by atoms with Crippen LogP contribution in [0.3, 0.4) is 0 Å². The van der Waals surface area contributed by atoms with Crippen molar-refractivity contribution in [2.24, 2.45) is 0 Å². The molecule has 202 valence electrons. The van der Waals surface area contributed by atoms with Gasteiger partial charge in [0.2, 0.25) is 0 Å². The van der Waals surface area contributed by atoms with Gasteiger partial charge in [-0.2, -0.15) is 13.2 Å². The van der Waals surface area contributed by atoms with Gasteiger partial charge in [-0.15, -0.1) is 13.2 Å². The zero-order valence-electron chi connectivity index (χ0n) is 20.1. The van der Waals surface area contributed by atoms with Gasteiger partial charge in [0, 0.05) is 18.3 Å². The average Bonchev–Trinajstić information content (AvgIpc) is 2.89. The Bertz CT molecular complexity index is 1390.